The van der Waals surface area contributed by atoms with Crippen molar-refractivity contribution >= 4 is 11.8 Å². The van der Waals surface area contributed by atoms with Crippen LogP contribution >= 0.6 is 11.8 Å². The van der Waals surface area contributed by atoms with Crippen LogP contribution in [0.3, 0.4) is 0 Å². The van der Waals surface area contributed by atoms with Crippen molar-refractivity contribution in [1.82, 2.24) is 24.7 Å². The number of hydrogen-bond donors (Lipinski definition) is 0. The van der Waals surface area contributed by atoms with Gasteiger partial charge in [0.1, 0.15) is 10.9 Å². The third-order valence-corrected chi connectivity index (χ3v) is 4.67. The van der Waals surface area contributed by atoms with Crippen molar-refractivity contribution in [2.24, 2.45) is 0 Å². The quantitative estimate of drug-likeness (QED) is 0.655. The number of hydrogen-bond acceptors (Lipinski definition) is 5. The van der Waals surface area contributed by atoms with E-state index in [0.717, 1.165) is 46.1 Å². The van der Waals surface area contributed by atoms with Crippen molar-refractivity contribution in [3.05, 3.63) is 47.4 Å². The van der Waals surface area contributed by atoms with E-state index in [0.29, 0.717) is 0 Å². The summed E-state index contributed by atoms with van der Waals surface area (Å²) in [6, 6.07) is 10.4. The maximum Gasteiger partial charge on any atom is 0.197 e. The fourth-order valence-corrected chi connectivity index (χ4v) is 3.46. The van der Waals surface area contributed by atoms with E-state index in [1.807, 2.05) is 13.0 Å². The van der Waals surface area contributed by atoms with E-state index in [9.17, 15) is 0 Å². The van der Waals surface area contributed by atoms with E-state index in [1.165, 1.54) is 17.3 Å². The van der Waals surface area contributed by atoms with E-state index < -0.39 is 0 Å². The summed E-state index contributed by atoms with van der Waals surface area (Å²) in [4.78, 5) is 8.95. The minimum absolute atomic E-state index is 0.790. The smallest absolute Gasteiger partial charge is 0.197 e. The molecule has 5 nitrogen and oxygen atoms in total. The Labute approximate surface area is 146 Å². The zero-order chi connectivity index (χ0) is 17.1. The van der Waals surface area contributed by atoms with E-state index in [-0.39, 0.29) is 0 Å². The molecule has 0 fully saturated rings. The van der Waals surface area contributed by atoms with Crippen LogP contribution in [0.25, 0.3) is 11.4 Å². The van der Waals surface area contributed by atoms with Crippen LogP contribution in [0.1, 0.15) is 30.9 Å². The first kappa shape index (κ1) is 16.6. The van der Waals surface area contributed by atoms with Gasteiger partial charge in [-0.2, -0.15) is 0 Å². The number of aryl methyl sites for hydroxylation is 3. The van der Waals surface area contributed by atoms with Gasteiger partial charge in [-0.3, -0.25) is 0 Å². The first-order valence-electron chi connectivity index (χ1n) is 8.13. The largest absolute Gasteiger partial charge is 0.302 e. The molecule has 0 saturated carbocycles. The van der Waals surface area contributed by atoms with Crippen molar-refractivity contribution in [3.8, 4) is 11.4 Å². The Morgan fingerprint density at radius 3 is 2.42 bits per heavy atom. The topological polar surface area (TPSA) is 56.5 Å². The van der Waals surface area contributed by atoms with Crippen LogP contribution in [0.15, 0.2) is 40.5 Å². The fourth-order valence-electron chi connectivity index (χ4n) is 2.49. The fraction of sp³-hybridized carbons (Fsp3) is 0.333. The molecule has 0 aliphatic rings. The Morgan fingerprint density at radius 1 is 1.00 bits per heavy atom. The molecule has 0 aliphatic heterocycles. The molecule has 24 heavy (non-hydrogen) atoms. The highest BCUT2D eigenvalue weighted by molar-refractivity contribution is 7.99. The number of rotatable bonds is 5. The second kappa shape index (κ2) is 7.13. The molecule has 0 saturated heterocycles. The SMILES string of the molecule is CCc1cc(Sc2nnc(-c3ccc(C)cc3)n2CC)nc(C)n1. The van der Waals surface area contributed by atoms with Crippen molar-refractivity contribution in [1.29, 1.82) is 0 Å². The van der Waals surface area contributed by atoms with Crippen LogP contribution in [0, 0.1) is 13.8 Å². The highest BCUT2D eigenvalue weighted by Crippen LogP contribution is 2.29. The van der Waals surface area contributed by atoms with Gasteiger partial charge in [-0.05, 0) is 45.0 Å². The molecular weight excluding hydrogens is 318 g/mol. The summed E-state index contributed by atoms with van der Waals surface area (Å²) >= 11 is 1.54. The molecule has 0 amide bonds. The summed E-state index contributed by atoms with van der Waals surface area (Å²) in [6.45, 7) is 9.02. The number of benzene rings is 1. The molecule has 0 aliphatic carbocycles. The molecule has 0 unspecified atom stereocenters. The second-order valence-corrected chi connectivity index (χ2v) is 6.60. The molecule has 0 N–H and O–H groups in total. The summed E-state index contributed by atoms with van der Waals surface area (Å²) in [7, 11) is 0. The maximum atomic E-state index is 4.52. The van der Waals surface area contributed by atoms with Gasteiger partial charge in [-0.25, -0.2) is 9.97 Å². The third kappa shape index (κ3) is 3.48. The Hall–Kier alpha value is -2.21. The summed E-state index contributed by atoms with van der Waals surface area (Å²) in [5.41, 5.74) is 3.36. The van der Waals surface area contributed by atoms with Gasteiger partial charge in [0.15, 0.2) is 11.0 Å². The number of aromatic nitrogens is 5. The summed E-state index contributed by atoms with van der Waals surface area (Å²) in [6.07, 6.45) is 0.895. The summed E-state index contributed by atoms with van der Waals surface area (Å²) in [5, 5.41) is 10.5. The van der Waals surface area contributed by atoms with Crippen LogP contribution < -0.4 is 0 Å². The number of nitrogens with zero attached hydrogens (tertiary/aromatic N) is 5. The molecule has 3 rings (SSSR count). The van der Waals surface area contributed by atoms with Gasteiger partial charge in [0, 0.05) is 17.8 Å². The zero-order valence-electron chi connectivity index (χ0n) is 14.4. The van der Waals surface area contributed by atoms with Gasteiger partial charge < -0.3 is 4.57 Å². The average Bonchev–Trinajstić information content (AvgIpc) is 2.97. The Bertz CT molecular complexity index is 839. The Kier molecular flexibility index (Phi) is 4.94. The molecule has 124 valence electrons. The van der Waals surface area contributed by atoms with Gasteiger partial charge in [0.05, 0.1) is 0 Å². The van der Waals surface area contributed by atoms with Gasteiger partial charge in [-0.15, -0.1) is 10.2 Å². The normalized spacial score (nSPS) is 11.0. The molecule has 2 aromatic heterocycles. The molecule has 2 heterocycles. The van der Waals surface area contributed by atoms with Crippen LogP contribution in [0.5, 0.6) is 0 Å². The molecule has 3 aromatic rings. The lowest BCUT2D eigenvalue weighted by molar-refractivity contribution is 0.686. The minimum Gasteiger partial charge on any atom is -0.302 e. The van der Waals surface area contributed by atoms with Gasteiger partial charge in [-0.1, -0.05) is 36.8 Å². The lowest BCUT2D eigenvalue weighted by Crippen LogP contribution is -2.01. The maximum absolute atomic E-state index is 4.52. The predicted octanol–water partition coefficient (Wildman–Crippen LogP) is 4.09. The van der Waals surface area contributed by atoms with Gasteiger partial charge in [0.2, 0.25) is 0 Å². The monoisotopic (exact) mass is 339 g/mol. The molecular formula is C18H21N5S. The lowest BCUT2D eigenvalue weighted by Gasteiger charge is -2.08. The molecule has 0 bridgehead atoms. The summed E-state index contributed by atoms with van der Waals surface area (Å²) < 4.78 is 2.12. The second-order valence-electron chi connectivity index (χ2n) is 5.62. The van der Waals surface area contributed by atoms with Gasteiger partial charge in [0.25, 0.3) is 0 Å². The minimum atomic E-state index is 0.790. The van der Waals surface area contributed by atoms with E-state index in [2.05, 4.69) is 69.8 Å². The molecule has 6 heteroatoms. The van der Waals surface area contributed by atoms with Crippen LogP contribution in [-0.4, -0.2) is 24.7 Å². The summed E-state index contributed by atoms with van der Waals surface area (Å²) in [5.74, 6) is 1.68. The standard InChI is InChI=1S/C18H21N5S/c1-5-15-11-16(20-13(4)19-15)24-18-22-21-17(23(18)6-2)14-9-7-12(3)8-10-14/h7-11H,5-6H2,1-4H3. The predicted molar refractivity (Wildman–Crippen MR) is 96.1 cm³/mol. The lowest BCUT2D eigenvalue weighted by atomic mass is 10.1. The Morgan fingerprint density at radius 2 is 1.75 bits per heavy atom. The Balaban J connectivity index is 1.95. The van der Waals surface area contributed by atoms with Crippen molar-refractivity contribution in [2.45, 2.75) is 50.8 Å². The van der Waals surface area contributed by atoms with Crippen LogP contribution in [0.2, 0.25) is 0 Å². The van der Waals surface area contributed by atoms with E-state index in [1.54, 1.807) is 0 Å². The van der Waals surface area contributed by atoms with E-state index in [4.69, 9.17) is 0 Å². The highest BCUT2D eigenvalue weighted by Gasteiger charge is 2.15. The van der Waals surface area contributed by atoms with Crippen molar-refractivity contribution in [2.75, 3.05) is 0 Å². The third-order valence-electron chi connectivity index (χ3n) is 3.77. The van der Waals surface area contributed by atoms with E-state index >= 15 is 0 Å². The highest BCUT2D eigenvalue weighted by atomic mass is 32.2. The van der Waals surface area contributed by atoms with Crippen molar-refractivity contribution in [3.63, 3.8) is 0 Å². The molecule has 1 aromatic carbocycles. The van der Waals surface area contributed by atoms with Crippen LogP contribution in [0.4, 0.5) is 0 Å². The molecule has 0 spiro atoms. The molecule has 0 atom stereocenters. The molecule has 0 radical (unpaired) electrons. The zero-order valence-corrected chi connectivity index (χ0v) is 15.3. The van der Waals surface area contributed by atoms with Gasteiger partial charge >= 0.3 is 0 Å². The van der Waals surface area contributed by atoms with Crippen molar-refractivity contribution < 1.29 is 0 Å². The first-order chi connectivity index (χ1) is 11.6. The first-order valence-corrected chi connectivity index (χ1v) is 8.95. The van der Waals surface area contributed by atoms with Crippen LogP contribution in [-0.2, 0) is 13.0 Å². The average molecular weight is 339 g/mol.